The van der Waals surface area contributed by atoms with E-state index in [1.165, 1.54) is 11.8 Å². The summed E-state index contributed by atoms with van der Waals surface area (Å²) in [6.07, 6.45) is 2.51. The smallest absolute Gasteiger partial charge is 0.295 e. The highest BCUT2D eigenvalue weighted by atomic mass is 35.5. The highest BCUT2D eigenvalue weighted by Crippen LogP contribution is 2.30. The summed E-state index contributed by atoms with van der Waals surface area (Å²) in [6, 6.07) is 9.73. The van der Waals surface area contributed by atoms with Crippen LogP contribution in [0.3, 0.4) is 0 Å². The van der Waals surface area contributed by atoms with Gasteiger partial charge in [-0.05, 0) is 36.2 Å². The van der Waals surface area contributed by atoms with Crippen LogP contribution >= 0.6 is 23.7 Å². The standard InChI is InChI=1S/C20H23N3O3S.ClH/c1-2-15-5-6-16-18(14-15)27-20(21-16)23(19(24)17-4-3-11-26-17)8-7-22-9-12-25-13-10-22;/h3-6,11,14H,2,7-10,12-13H2,1H3;1H. The zero-order valence-corrected chi connectivity index (χ0v) is 17.4. The van der Waals surface area contributed by atoms with Crippen LogP contribution in [-0.2, 0) is 11.2 Å². The molecule has 1 aliphatic heterocycles. The molecule has 0 saturated carbocycles. The van der Waals surface area contributed by atoms with Gasteiger partial charge < -0.3 is 9.15 Å². The monoisotopic (exact) mass is 421 g/mol. The van der Waals surface area contributed by atoms with E-state index in [0.717, 1.165) is 49.5 Å². The van der Waals surface area contributed by atoms with Crippen LogP contribution < -0.4 is 4.90 Å². The zero-order chi connectivity index (χ0) is 18.6. The largest absolute Gasteiger partial charge is 0.459 e. The molecule has 1 aromatic carbocycles. The van der Waals surface area contributed by atoms with Gasteiger partial charge >= 0.3 is 0 Å². The SMILES string of the molecule is CCc1ccc2nc(N(CCN3CCOCC3)C(=O)c3ccco3)sc2c1.Cl. The third-order valence-corrected chi connectivity index (χ3v) is 5.84. The molecule has 1 fully saturated rings. The lowest BCUT2D eigenvalue weighted by Crippen LogP contribution is -2.43. The molecule has 1 aliphatic rings. The molecule has 0 atom stereocenters. The first-order valence-corrected chi connectivity index (χ1v) is 10.1. The molecule has 4 rings (SSSR count). The molecule has 3 heterocycles. The lowest BCUT2D eigenvalue weighted by molar-refractivity contribution is 0.0390. The summed E-state index contributed by atoms with van der Waals surface area (Å²) in [6.45, 7) is 6.76. The van der Waals surface area contributed by atoms with Crippen molar-refractivity contribution >= 4 is 45.0 Å². The summed E-state index contributed by atoms with van der Waals surface area (Å²) in [5, 5.41) is 0.716. The Morgan fingerprint density at radius 3 is 2.82 bits per heavy atom. The molecule has 0 unspecified atom stereocenters. The molecule has 3 aromatic rings. The Balaban J connectivity index is 0.00000225. The number of benzene rings is 1. The Kier molecular flexibility index (Phi) is 7.07. The van der Waals surface area contributed by atoms with Crippen LogP contribution in [-0.4, -0.2) is 55.2 Å². The summed E-state index contributed by atoms with van der Waals surface area (Å²) in [7, 11) is 0. The van der Waals surface area contributed by atoms with Crippen molar-refractivity contribution in [1.82, 2.24) is 9.88 Å². The van der Waals surface area contributed by atoms with Crippen molar-refractivity contribution in [2.24, 2.45) is 0 Å². The van der Waals surface area contributed by atoms with Crippen molar-refractivity contribution in [1.29, 1.82) is 0 Å². The molecular weight excluding hydrogens is 398 g/mol. The van der Waals surface area contributed by atoms with Gasteiger partial charge in [0.2, 0.25) is 0 Å². The number of hydrogen-bond acceptors (Lipinski definition) is 6. The van der Waals surface area contributed by atoms with Gasteiger partial charge in [0, 0.05) is 26.2 Å². The molecule has 2 aromatic heterocycles. The van der Waals surface area contributed by atoms with E-state index in [1.807, 2.05) is 6.07 Å². The molecular formula is C20H24ClN3O3S. The number of halogens is 1. The van der Waals surface area contributed by atoms with Crippen LogP contribution in [0, 0.1) is 0 Å². The lowest BCUT2D eigenvalue weighted by Gasteiger charge is -2.28. The number of ether oxygens (including phenoxy) is 1. The van der Waals surface area contributed by atoms with Gasteiger partial charge in [-0.15, -0.1) is 12.4 Å². The number of nitrogens with zero attached hydrogens (tertiary/aromatic N) is 3. The predicted molar refractivity (Wildman–Crippen MR) is 114 cm³/mol. The van der Waals surface area contributed by atoms with Gasteiger partial charge in [-0.25, -0.2) is 4.98 Å². The number of carbonyl (C=O) groups is 1. The maximum absolute atomic E-state index is 13.0. The predicted octanol–water partition coefficient (Wildman–Crippen LogP) is 3.85. The number of aryl methyl sites for hydroxylation is 1. The Labute approximate surface area is 174 Å². The summed E-state index contributed by atoms with van der Waals surface area (Å²) >= 11 is 1.56. The number of aromatic nitrogens is 1. The lowest BCUT2D eigenvalue weighted by atomic mass is 10.2. The van der Waals surface area contributed by atoms with Crippen molar-refractivity contribution in [3.8, 4) is 0 Å². The van der Waals surface area contributed by atoms with Crippen molar-refractivity contribution in [3.05, 3.63) is 47.9 Å². The summed E-state index contributed by atoms with van der Waals surface area (Å²) in [5.74, 6) is 0.188. The number of furan rings is 1. The van der Waals surface area contributed by atoms with E-state index in [0.29, 0.717) is 17.4 Å². The Hall–Kier alpha value is -1.93. The fourth-order valence-corrected chi connectivity index (χ4v) is 4.23. The van der Waals surface area contributed by atoms with Crippen LogP contribution in [0.1, 0.15) is 23.0 Å². The van der Waals surface area contributed by atoms with E-state index in [1.54, 1.807) is 28.4 Å². The van der Waals surface area contributed by atoms with Gasteiger partial charge in [0.1, 0.15) is 0 Å². The first-order chi connectivity index (χ1) is 13.2. The average Bonchev–Trinajstić information content (AvgIpc) is 3.38. The molecule has 1 amide bonds. The molecule has 28 heavy (non-hydrogen) atoms. The molecule has 1 saturated heterocycles. The maximum Gasteiger partial charge on any atom is 0.295 e. The van der Waals surface area contributed by atoms with Gasteiger partial charge in [-0.2, -0.15) is 0 Å². The quantitative estimate of drug-likeness (QED) is 0.605. The second-order valence-electron chi connectivity index (χ2n) is 6.54. The minimum absolute atomic E-state index is 0. The van der Waals surface area contributed by atoms with Gasteiger partial charge in [0.25, 0.3) is 5.91 Å². The average molecular weight is 422 g/mol. The first-order valence-electron chi connectivity index (χ1n) is 9.29. The summed E-state index contributed by atoms with van der Waals surface area (Å²) in [5.41, 5.74) is 2.20. The highest BCUT2D eigenvalue weighted by Gasteiger charge is 2.24. The van der Waals surface area contributed by atoms with Crippen molar-refractivity contribution in [3.63, 3.8) is 0 Å². The van der Waals surface area contributed by atoms with Crippen LogP contribution in [0.5, 0.6) is 0 Å². The summed E-state index contributed by atoms with van der Waals surface area (Å²) in [4.78, 5) is 21.8. The van der Waals surface area contributed by atoms with Crippen LogP contribution in [0.15, 0.2) is 41.0 Å². The van der Waals surface area contributed by atoms with Gasteiger partial charge in [-0.1, -0.05) is 24.3 Å². The number of amides is 1. The van der Waals surface area contributed by atoms with E-state index in [-0.39, 0.29) is 18.3 Å². The van der Waals surface area contributed by atoms with Gasteiger partial charge in [0.15, 0.2) is 10.9 Å². The van der Waals surface area contributed by atoms with Crippen molar-refractivity contribution < 1.29 is 13.9 Å². The van der Waals surface area contributed by atoms with E-state index in [9.17, 15) is 4.79 Å². The number of fused-ring (bicyclic) bond motifs is 1. The normalized spacial score (nSPS) is 14.8. The van der Waals surface area contributed by atoms with E-state index >= 15 is 0 Å². The van der Waals surface area contributed by atoms with Crippen LogP contribution in [0.25, 0.3) is 10.2 Å². The Morgan fingerprint density at radius 2 is 2.11 bits per heavy atom. The molecule has 0 radical (unpaired) electrons. The fraction of sp³-hybridized carbons (Fsp3) is 0.400. The highest BCUT2D eigenvalue weighted by molar-refractivity contribution is 7.22. The number of hydrogen-bond donors (Lipinski definition) is 0. The van der Waals surface area contributed by atoms with Crippen molar-refractivity contribution in [2.75, 3.05) is 44.3 Å². The van der Waals surface area contributed by atoms with E-state index in [4.69, 9.17) is 14.1 Å². The maximum atomic E-state index is 13.0. The minimum atomic E-state index is -0.150. The van der Waals surface area contributed by atoms with E-state index in [2.05, 4.69) is 24.0 Å². The second-order valence-corrected chi connectivity index (χ2v) is 7.55. The second kappa shape index (κ2) is 9.52. The number of anilines is 1. The van der Waals surface area contributed by atoms with Crippen LogP contribution in [0.2, 0.25) is 0 Å². The molecule has 8 heteroatoms. The molecule has 0 N–H and O–H groups in total. The molecule has 150 valence electrons. The molecule has 6 nitrogen and oxygen atoms in total. The topological polar surface area (TPSA) is 58.8 Å². The number of thiazole rings is 1. The minimum Gasteiger partial charge on any atom is -0.459 e. The molecule has 0 bridgehead atoms. The molecule has 0 spiro atoms. The zero-order valence-electron chi connectivity index (χ0n) is 15.8. The number of rotatable bonds is 6. The first kappa shape index (κ1) is 20.8. The van der Waals surface area contributed by atoms with Crippen molar-refractivity contribution in [2.45, 2.75) is 13.3 Å². The van der Waals surface area contributed by atoms with Crippen LogP contribution in [0.4, 0.5) is 5.13 Å². The fourth-order valence-electron chi connectivity index (χ4n) is 3.18. The number of carbonyl (C=O) groups excluding carboxylic acids is 1. The number of morpholine rings is 1. The van der Waals surface area contributed by atoms with E-state index < -0.39 is 0 Å². The molecule has 0 aliphatic carbocycles. The van der Waals surface area contributed by atoms with Gasteiger partial charge in [0.05, 0.1) is 29.7 Å². The Bertz CT molecular complexity index is 907. The third-order valence-electron chi connectivity index (χ3n) is 4.80. The third kappa shape index (κ3) is 4.55. The van der Waals surface area contributed by atoms with Gasteiger partial charge in [-0.3, -0.25) is 14.6 Å². The summed E-state index contributed by atoms with van der Waals surface area (Å²) < 4.78 is 11.9. The Morgan fingerprint density at radius 1 is 1.29 bits per heavy atom.